The van der Waals surface area contributed by atoms with Crippen molar-refractivity contribution < 1.29 is 41.0 Å². The number of amides is 1. The Morgan fingerprint density at radius 1 is 1.10 bits per heavy atom. The van der Waals surface area contributed by atoms with Crippen molar-refractivity contribution in [3.05, 3.63) is 0 Å². The zero-order valence-electron chi connectivity index (χ0n) is 10.5. The van der Waals surface area contributed by atoms with E-state index in [0.29, 0.717) is 0 Å². The molecule has 0 fully saturated rings. The average molecular weight is 309 g/mol. The highest BCUT2D eigenvalue weighted by Crippen LogP contribution is 2.39. The van der Waals surface area contributed by atoms with Crippen LogP contribution < -0.4 is 5.32 Å². The Labute approximate surface area is 110 Å². The van der Waals surface area contributed by atoms with Gasteiger partial charge >= 0.3 is 18.3 Å². The largest absolute Gasteiger partial charge is 0.481 e. The molecule has 0 aromatic carbocycles. The van der Waals surface area contributed by atoms with Gasteiger partial charge in [0.05, 0.1) is 5.41 Å². The maximum atomic E-state index is 12.2. The van der Waals surface area contributed by atoms with Crippen LogP contribution in [0.5, 0.6) is 0 Å². The number of aliphatic carboxylic acids is 1. The molecule has 0 aromatic heterocycles. The van der Waals surface area contributed by atoms with Gasteiger partial charge < -0.3 is 10.4 Å². The van der Waals surface area contributed by atoms with E-state index in [1.54, 1.807) is 0 Å². The lowest BCUT2D eigenvalue weighted by atomic mass is 9.87. The fourth-order valence-electron chi connectivity index (χ4n) is 1.22. The minimum Gasteiger partial charge on any atom is -0.481 e. The van der Waals surface area contributed by atoms with Gasteiger partial charge in [0.1, 0.15) is 0 Å². The molecule has 0 rings (SSSR count). The molecule has 1 atom stereocenters. The van der Waals surface area contributed by atoms with E-state index in [4.69, 9.17) is 5.11 Å². The normalized spacial score (nSPS) is 15.8. The molecule has 2 N–H and O–H groups in total. The van der Waals surface area contributed by atoms with Crippen LogP contribution in [0.3, 0.4) is 0 Å². The Balaban J connectivity index is 5.03. The van der Waals surface area contributed by atoms with E-state index in [0.717, 1.165) is 6.92 Å². The monoisotopic (exact) mass is 309 g/mol. The standard InChI is InChI=1S/C10H13F6NO3/c1-3-8(2,7(19)20)4-17-6(18)5(9(11,12)13)10(14,15)16/h5H,3-4H2,1-2H3,(H,17,18)(H,19,20). The molecule has 118 valence electrons. The van der Waals surface area contributed by atoms with Gasteiger partial charge in [-0.2, -0.15) is 26.3 Å². The molecular formula is C10H13F6NO3. The molecule has 0 saturated heterocycles. The number of nitrogens with one attached hydrogen (secondary N) is 1. The maximum absolute atomic E-state index is 12.2. The first-order chi connectivity index (χ1) is 8.75. The first-order valence-corrected chi connectivity index (χ1v) is 5.40. The summed E-state index contributed by atoms with van der Waals surface area (Å²) < 4.78 is 73.4. The van der Waals surface area contributed by atoms with Crippen molar-refractivity contribution in [2.24, 2.45) is 11.3 Å². The fraction of sp³-hybridized carbons (Fsp3) is 0.800. The molecular weight excluding hydrogens is 296 g/mol. The number of carbonyl (C=O) groups is 2. The summed E-state index contributed by atoms with van der Waals surface area (Å²) in [5.74, 6) is -7.92. The summed E-state index contributed by atoms with van der Waals surface area (Å²) in [6.07, 6.45) is -11.7. The van der Waals surface area contributed by atoms with Crippen LogP contribution in [0.25, 0.3) is 0 Å². The van der Waals surface area contributed by atoms with Crippen molar-refractivity contribution in [3.8, 4) is 0 Å². The Bertz CT molecular complexity index is 364. The van der Waals surface area contributed by atoms with Gasteiger partial charge in [-0.25, -0.2) is 0 Å². The molecule has 0 aliphatic carbocycles. The molecule has 4 nitrogen and oxygen atoms in total. The van der Waals surface area contributed by atoms with E-state index in [2.05, 4.69) is 0 Å². The Morgan fingerprint density at radius 2 is 1.50 bits per heavy atom. The molecule has 0 radical (unpaired) electrons. The van der Waals surface area contributed by atoms with Gasteiger partial charge in [-0.15, -0.1) is 0 Å². The lowest BCUT2D eigenvalue weighted by molar-refractivity contribution is -0.274. The molecule has 20 heavy (non-hydrogen) atoms. The quantitative estimate of drug-likeness (QED) is 0.766. The number of alkyl halides is 6. The lowest BCUT2D eigenvalue weighted by Gasteiger charge is -2.26. The highest BCUT2D eigenvalue weighted by molar-refractivity contribution is 5.81. The number of hydrogen-bond donors (Lipinski definition) is 2. The minimum atomic E-state index is -5.80. The molecule has 0 aromatic rings. The molecule has 0 spiro atoms. The molecule has 1 unspecified atom stereocenters. The first kappa shape index (κ1) is 18.5. The van der Waals surface area contributed by atoms with Crippen LogP contribution in [-0.4, -0.2) is 35.9 Å². The Morgan fingerprint density at radius 3 is 1.75 bits per heavy atom. The van der Waals surface area contributed by atoms with Gasteiger partial charge in [0, 0.05) is 6.54 Å². The smallest absolute Gasteiger partial charge is 0.409 e. The van der Waals surface area contributed by atoms with Crippen LogP contribution in [0.2, 0.25) is 0 Å². The molecule has 0 bridgehead atoms. The lowest BCUT2D eigenvalue weighted by Crippen LogP contribution is -2.50. The van der Waals surface area contributed by atoms with Crippen molar-refractivity contribution in [1.82, 2.24) is 5.32 Å². The van der Waals surface area contributed by atoms with Gasteiger partial charge in [-0.3, -0.25) is 9.59 Å². The molecule has 1 amide bonds. The number of carbonyl (C=O) groups excluding carboxylic acids is 1. The highest BCUT2D eigenvalue weighted by Gasteiger charge is 2.61. The van der Waals surface area contributed by atoms with Crippen molar-refractivity contribution in [2.75, 3.05) is 6.54 Å². The van der Waals surface area contributed by atoms with Crippen molar-refractivity contribution >= 4 is 11.9 Å². The number of rotatable bonds is 5. The topological polar surface area (TPSA) is 66.4 Å². The van der Waals surface area contributed by atoms with E-state index < -0.39 is 42.1 Å². The number of hydrogen-bond acceptors (Lipinski definition) is 2. The molecule has 0 aliphatic heterocycles. The van der Waals surface area contributed by atoms with Crippen LogP contribution in [0.15, 0.2) is 0 Å². The summed E-state index contributed by atoms with van der Waals surface area (Å²) in [4.78, 5) is 21.9. The van der Waals surface area contributed by atoms with Gasteiger partial charge in [0.25, 0.3) is 0 Å². The fourth-order valence-corrected chi connectivity index (χ4v) is 1.22. The number of halogens is 6. The van der Waals surface area contributed by atoms with Crippen LogP contribution in [0, 0.1) is 11.3 Å². The average Bonchev–Trinajstić information content (AvgIpc) is 2.21. The van der Waals surface area contributed by atoms with Crippen LogP contribution in [0.1, 0.15) is 20.3 Å². The third-order valence-corrected chi connectivity index (χ3v) is 2.87. The predicted octanol–water partition coefficient (Wildman–Crippen LogP) is 2.34. The van der Waals surface area contributed by atoms with Crippen LogP contribution >= 0.6 is 0 Å². The van der Waals surface area contributed by atoms with Crippen molar-refractivity contribution in [1.29, 1.82) is 0 Å². The number of carboxylic acids is 1. The Kier molecular flexibility index (Phi) is 5.44. The van der Waals surface area contributed by atoms with E-state index >= 15 is 0 Å². The van der Waals surface area contributed by atoms with E-state index in [9.17, 15) is 35.9 Å². The third-order valence-electron chi connectivity index (χ3n) is 2.87. The van der Waals surface area contributed by atoms with Crippen LogP contribution in [0.4, 0.5) is 26.3 Å². The molecule has 0 heterocycles. The van der Waals surface area contributed by atoms with E-state index in [-0.39, 0.29) is 6.42 Å². The summed E-state index contributed by atoms with van der Waals surface area (Å²) in [7, 11) is 0. The molecule has 0 aliphatic rings. The van der Waals surface area contributed by atoms with Gasteiger partial charge in [0.2, 0.25) is 11.8 Å². The first-order valence-electron chi connectivity index (χ1n) is 5.40. The SMILES string of the molecule is CCC(C)(CNC(=O)C(C(F)(F)F)C(F)(F)F)C(=O)O. The predicted molar refractivity (Wildman–Crippen MR) is 54.6 cm³/mol. The minimum absolute atomic E-state index is 0.0781. The second-order valence-corrected chi connectivity index (χ2v) is 4.45. The third kappa shape index (κ3) is 4.57. The second-order valence-electron chi connectivity index (χ2n) is 4.45. The summed E-state index contributed by atoms with van der Waals surface area (Å²) >= 11 is 0. The number of carboxylic acid groups (broad SMARTS) is 1. The van der Waals surface area contributed by atoms with Crippen LogP contribution in [-0.2, 0) is 9.59 Å². The van der Waals surface area contributed by atoms with Gasteiger partial charge in [-0.1, -0.05) is 6.92 Å². The van der Waals surface area contributed by atoms with Gasteiger partial charge in [0.15, 0.2) is 0 Å². The highest BCUT2D eigenvalue weighted by atomic mass is 19.4. The zero-order chi connectivity index (χ0) is 16.4. The second kappa shape index (κ2) is 5.88. The van der Waals surface area contributed by atoms with Crippen molar-refractivity contribution in [2.45, 2.75) is 32.6 Å². The summed E-state index contributed by atoms with van der Waals surface area (Å²) in [6, 6.07) is 0. The van der Waals surface area contributed by atoms with E-state index in [1.165, 1.54) is 12.2 Å². The molecule has 0 saturated carbocycles. The maximum Gasteiger partial charge on any atom is 0.409 e. The zero-order valence-corrected chi connectivity index (χ0v) is 10.5. The Hall–Kier alpha value is -1.48. The molecule has 10 heteroatoms. The van der Waals surface area contributed by atoms with Gasteiger partial charge in [-0.05, 0) is 13.3 Å². The van der Waals surface area contributed by atoms with E-state index in [1.807, 2.05) is 0 Å². The van der Waals surface area contributed by atoms with Crippen molar-refractivity contribution in [3.63, 3.8) is 0 Å². The summed E-state index contributed by atoms with van der Waals surface area (Å²) in [5, 5.41) is 10.2. The summed E-state index contributed by atoms with van der Waals surface area (Å²) in [6.45, 7) is 1.65. The summed E-state index contributed by atoms with van der Waals surface area (Å²) in [5.41, 5.74) is -1.64.